The quantitative estimate of drug-likeness (QED) is 0.816. The number of thioether (sulfide) groups is 1. The molecular weight excluding hydrogens is 242 g/mol. The van der Waals surface area contributed by atoms with Crippen molar-refractivity contribution in [1.82, 2.24) is 4.90 Å². The maximum Gasteiger partial charge on any atom is 0.223 e. The molecule has 1 aromatic carbocycles. The van der Waals surface area contributed by atoms with Crippen molar-refractivity contribution in [3.63, 3.8) is 0 Å². The fourth-order valence-electron chi connectivity index (χ4n) is 3.01. The number of rotatable bonds is 2. The van der Waals surface area contributed by atoms with Crippen LogP contribution in [0.5, 0.6) is 0 Å². The minimum Gasteiger partial charge on any atom is -0.341 e. The molecule has 1 aliphatic carbocycles. The molecule has 1 atom stereocenters. The molecule has 1 aliphatic heterocycles. The van der Waals surface area contributed by atoms with E-state index < -0.39 is 0 Å². The average molecular weight is 261 g/mol. The third-order valence-electron chi connectivity index (χ3n) is 4.04. The van der Waals surface area contributed by atoms with Gasteiger partial charge in [-0.15, -0.1) is 0 Å². The third-order valence-corrected chi connectivity index (χ3v) is 4.98. The van der Waals surface area contributed by atoms with E-state index in [4.69, 9.17) is 0 Å². The SMILES string of the molecule is O=C(C[C@H]1CCc2ccccc21)N1CCSCC1. The van der Waals surface area contributed by atoms with Gasteiger partial charge in [-0.2, -0.15) is 11.8 Å². The number of nitrogens with zero attached hydrogens (tertiary/aromatic N) is 1. The normalized spacial score (nSPS) is 22.9. The summed E-state index contributed by atoms with van der Waals surface area (Å²) in [6, 6.07) is 8.60. The molecule has 0 bridgehead atoms. The maximum atomic E-state index is 12.3. The fourth-order valence-corrected chi connectivity index (χ4v) is 3.91. The van der Waals surface area contributed by atoms with Crippen LogP contribution < -0.4 is 0 Å². The molecule has 18 heavy (non-hydrogen) atoms. The van der Waals surface area contributed by atoms with Crippen molar-refractivity contribution in [3.8, 4) is 0 Å². The lowest BCUT2D eigenvalue weighted by Crippen LogP contribution is -2.38. The topological polar surface area (TPSA) is 20.3 Å². The van der Waals surface area contributed by atoms with Gasteiger partial charge in [0.1, 0.15) is 0 Å². The van der Waals surface area contributed by atoms with Crippen LogP contribution in [0.2, 0.25) is 0 Å². The monoisotopic (exact) mass is 261 g/mol. The van der Waals surface area contributed by atoms with E-state index in [9.17, 15) is 4.79 Å². The Morgan fingerprint density at radius 3 is 2.89 bits per heavy atom. The van der Waals surface area contributed by atoms with Gasteiger partial charge in [-0.25, -0.2) is 0 Å². The summed E-state index contributed by atoms with van der Waals surface area (Å²) in [6.45, 7) is 1.88. The number of carbonyl (C=O) groups excluding carboxylic acids is 1. The summed E-state index contributed by atoms with van der Waals surface area (Å²) in [5.74, 6) is 3.03. The zero-order valence-corrected chi connectivity index (χ0v) is 11.4. The first-order valence-corrected chi connectivity index (χ1v) is 7.93. The van der Waals surface area contributed by atoms with Crippen LogP contribution in [-0.4, -0.2) is 35.4 Å². The van der Waals surface area contributed by atoms with Gasteiger partial charge in [0.15, 0.2) is 0 Å². The second-order valence-corrected chi connectivity index (χ2v) is 6.36. The summed E-state index contributed by atoms with van der Waals surface area (Å²) in [5, 5.41) is 0. The van der Waals surface area contributed by atoms with Crippen molar-refractivity contribution in [3.05, 3.63) is 35.4 Å². The molecule has 1 heterocycles. The first kappa shape index (κ1) is 12.1. The third kappa shape index (κ3) is 2.41. The highest BCUT2D eigenvalue weighted by atomic mass is 32.2. The van der Waals surface area contributed by atoms with Crippen LogP contribution in [0.1, 0.15) is 29.9 Å². The minimum atomic E-state index is 0.358. The smallest absolute Gasteiger partial charge is 0.223 e. The van der Waals surface area contributed by atoms with Gasteiger partial charge in [0.25, 0.3) is 0 Å². The summed E-state index contributed by atoms with van der Waals surface area (Å²) in [7, 11) is 0. The fraction of sp³-hybridized carbons (Fsp3) is 0.533. The lowest BCUT2D eigenvalue weighted by atomic mass is 9.97. The maximum absolute atomic E-state index is 12.3. The molecule has 2 nitrogen and oxygen atoms in total. The van der Waals surface area contributed by atoms with E-state index in [0.717, 1.165) is 37.4 Å². The van der Waals surface area contributed by atoms with Gasteiger partial charge in [0.05, 0.1) is 0 Å². The van der Waals surface area contributed by atoms with Crippen molar-refractivity contribution in [2.75, 3.05) is 24.6 Å². The Morgan fingerprint density at radius 1 is 1.28 bits per heavy atom. The summed E-state index contributed by atoms with van der Waals surface area (Å²) in [5.41, 5.74) is 2.86. The van der Waals surface area contributed by atoms with Crippen molar-refractivity contribution in [2.24, 2.45) is 0 Å². The molecule has 0 saturated carbocycles. The van der Waals surface area contributed by atoms with Crippen LogP contribution in [-0.2, 0) is 11.2 Å². The molecule has 2 aliphatic rings. The van der Waals surface area contributed by atoms with E-state index >= 15 is 0 Å². The van der Waals surface area contributed by atoms with E-state index in [0.29, 0.717) is 18.2 Å². The Labute approximate surface area is 113 Å². The summed E-state index contributed by atoms with van der Waals surface area (Å²) >= 11 is 1.95. The lowest BCUT2D eigenvalue weighted by Gasteiger charge is -2.27. The van der Waals surface area contributed by atoms with Gasteiger partial charge in [-0.1, -0.05) is 24.3 Å². The molecular formula is C15H19NOS. The number of benzene rings is 1. The van der Waals surface area contributed by atoms with E-state index in [1.807, 2.05) is 11.8 Å². The average Bonchev–Trinajstić information content (AvgIpc) is 2.83. The molecule has 1 amide bonds. The van der Waals surface area contributed by atoms with Gasteiger partial charge in [-0.05, 0) is 29.9 Å². The molecule has 3 rings (SSSR count). The van der Waals surface area contributed by atoms with Crippen LogP contribution in [0.4, 0.5) is 0 Å². The zero-order valence-electron chi connectivity index (χ0n) is 10.6. The molecule has 0 aromatic heterocycles. The van der Waals surface area contributed by atoms with E-state index in [-0.39, 0.29) is 0 Å². The van der Waals surface area contributed by atoms with Crippen molar-refractivity contribution < 1.29 is 4.79 Å². The van der Waals surface area contributed by atoms with E-state index in [1.54, 1.807) is 0 Å². The number of amides is 1. The zero-order chi connectivity index (χ0) is 12.4. The van der Waals surface area contributed by atoms with Gasteiger partial charge in [0, 0.05) is 31.0 Å². The second kappa shape index (κ2) is 5.35. The molecule has 3 heteroatoms. The number of fused-ring (bicyclic) bond motifs is 1. The van der Waals surface area contributed by atoms with Gasteiger partial charge in [0.2, 0.25) is 5.91 Å². The summed E-state index contributed by atoms with van der Waals surface area (Å²) in [4.78, 5) is 14.3. The Kier molecular flexibility index (Phi) is 3.59. The van der Waals surface area contributed by atoms with Crippen LogP contribution in [0.15, 0.2) is 24.3 Å². The Morgan fingerprint density at radius 2 is 2.06 bits per heavy atom. The van der Waals surface area contributed by atoms with Crippen molar-refractivity contribution >= 4 is 17.7 Å². The Hall–Kier alpha value is -0.960. The number of carbonyl (C=O) groups is 1. The standard InChI is InChI=1S/C15H19NOS/c17-15(16-7-9-18-10-8-16)11-13-6-5-12-3-1-2-4-14(12)13/h1-4,13H,5-11H2/t13-/m1/s1. The van der Waals surface area contributed by atoms with E-state index in [2.05, 4.69) is 29.2 Å². The molecule has 0 N–H and O–H groups in total. The highest BCUT2D eigenvalue weighted by Crippen LogP contribution is 2.35. The molecule has 1 saturated heterocycles. The van der Waals surface area contributed by atoms with Gasteiger partial charge < -0.3 is 4.90 Å². The van der Waals surface area contributed by atoms with E-state index in [1.165, 1.54) is 11.1 Å². The predicted molar refractivity (Wildman–Crippen MR) is 76.0 cm³/mol. The highest BCUT2D eigenvalue weighted by molar-refractivity contribution is 7.99. The number of hydrogen-bond donors (Lipinski definition) is 0. The largest absolute Gasteiger partial charge is 0.341 e. The van der Waals surface area contributed by atoms with Crippen LogP contribution >= 0.6 is 11.8 Å². The molecule has 0 spiro atoms. The van der Waals surface area contributed by atoms with Gasteiger partial charge in [-0.3, -0.25) is 4.79 Å². The van der Waals surface area contributed by atoms with Gasteiger partial charge >= 0.3 is 0 Å². The highest BCUT2D eigenvalue weighted by Gasteiger charge is 2.26. The molecule has 0 unspecified atom stereocenters. The first-order valence-electron chi connectivity index (χ1n) is 6.78. The van der Waals surface area contributed by atoms with Crippen LogP contribution in [0, 0.1) is 0 Å². The Balaban J connectivity index is 1.65. The molecule has 1 fully saturated rings. The van der Waals surface area contributed by atoms with Crippen LogP contribution in [0.25, 0.3) is 0 Å². The Bertz CT molecular complexity index is 440. The molecule has 96 valence electrons. The predicted octanol–water partition coefficient (Wildman–Crippen LogP) is 2.68. The minimum absolute atomic E-state index is 0.358. The summed E-state index contributed by atoms with van der Waals surface area (Å²) < 4.78 is 0. The first-order chi connectivity index (χ1) is 8.84. The number of hydrogen-bond acceptors (Lipinski definition) is 2. The van der Waals surface area contributed by atoms with Crippen LogP contribution in [0.3, 0.4) is 0 Å². The second-order valence-electron chi connectivity index (χ2n) is 5.13. The molecule has 0 radical (unpaired) electrons. The summed E-state index contributed by atoms with van der Waals surface area (Å²) in [6.07, 6.45) is 3.00. The molecule has 1 aromatic rings. The van der Waals surface area contributed by atoms with Crippen molar-refractivity contribution in [1.29, 1.82) is 0 Å². The number of aryl methyl sites for hydroxylation is 1. The lowest BCUT2D eigenvalue weighted by molar-refractivity contribution is -0.131. The van der Waals surface area contributed by atoms with Crippen molar-refractivity contribution in [2.45, 2.75) is 25.2 Å².